The van der Waals surface area contributed by atoms with E-state index < -0.39 is 12.1 Å². The number of fused-ring (bicyclic) bond motifs is 2. The number of carbonyl (C=O) groups is 2. The minimum Gasteiger partial charge on any atom is -0.493 e. The van der Waals surface area contributed by atoms with Crippen molar-refractivity contribution >= 4 is 11.8 Å². The van der Waals surface area contributed by atoms with E-state index in [1.807, 2.05) is 6.92 Å². The summed E-state index contributed by atoms with van der Waals surface area (Å²) in [4.78, 5) is 25.0. The van der Waals surface area contributed by atoms with Crippen molar-refractivity contribution in [3.63, 3.8) is 0 Å². The van der Waals surface area contributed by atoms with Gasteiger partial charge in [-0.3, -0.25) is 4.79 Å². The van der Waals surface area contributed by atoms with E-state index >= 15 is 0 Å². The van der Waals surface area contributed by atoms with Crippen LogP contribution in [0.1, 0.15) is 33.2 Å². The topological polar surface area (TPSA) is 101 Å². The smallest absolute Gasteiger partial charge is 0.339 e. The molecule has 8 heteroatoms. The molecule has 2 unspecified atom stereocenters. The predicted molar refractivity (Wildman–Crippen MR) is 110 cm³/mol. The third-order valence-electron chi connectivity index (χ3n) is 5.35. The fourth-order valence-electron chi connectivity index (χ4n) is 3.69. The third kappa shape index (κ3) is 3.54. The molecule has 2 atom stereocenters. The van der Waals surface area contributed by atoms with Crippen molar-refractivity contribution in [3.8, 4) is 28.7 Å². The highest BCUT2D eigenvalue weighted by Crippen LogP contribution is 2.42. The maximum Gasteiger partial charge on any atom is 0.339 e. The number of ether oxygens (including phenoxy) is 5. The summed E-state index contributed by atoms with van der Waals surface area (Å²) in [5, 5.41) is 9.67. The van der Waals surface area contributed by atoms with Gasteiger partial charge in [0.15, 0.2) is 17.6 Å². The van der Waals surface area contributed by atoms with Gasteiger partial charge in [-0.1, -0.05) is 6.58 Å². The van der Waals surface area contributed by atoms with Crippen LogP contribution in [-0.4, -0.2) is 49.9 Å². The van der Waals surface area contributed by atoms with Gasteiger partial charge in [-0.05, 0) is 30.7 Å². The molecule has 0 spiro atoms. The van der Waals surface area contributed by atoms with Crippen LogP contribution >= 0.6 is 0 Å². The lowest BCUT2D eigenvalue weighted by Crippen LogP contribution is -2.38. The second-order valence-electron chi connectivity index (χ2n) is 7.37. The zero-order valence-electron chi connectivity index (χ0n) is 17.4. The van der Waals surface area contributed by atoms with Crippen molar-refractivity contribution in [2.75, 3.05) is 20.8 Å². The molecule has 0 aromatic heterocycles. The molecule has 4 rings (SSSR count). The van der Waals surface area contributed by atoms with E-state index in [1.54, 1.807) is 12.1 Å². The number of ketones is 1. The summed E-state index contributed by atoms with van der Waals surface area (Å²) in [6.07, 6.45) is -0.902. The molecule has 0 fully saturated rings. The van der Waals surface area contributed by atoms with Crippen molar-refractivity contribution in [1.29, 1.82) is 0 Å². The van der Waals surface area contributed by atoms with Crippen LogP contribution in [0.2, 0.25) is 0 Å². The van der Waals surface area contributed by atoms with E-state index in [9.17, 15) is 14.7 Å². The Balaban J connectivity index is 1.70. The Morgan fingerprint density at radius 3 is 2.52 bits per heavy atom. The maximum absolute atomic E-state index is 13.1. The Kier molecular flexibility index (Phi) is 5.22. The van der Waals surface area contributed by atoms with Crippen LogP contribution in [0.4, 0.5) is 0 Å². The van der Waals surface area contributed by atoms with Crippen LogP contribution in [0, 0.1) is 0 Å². The van der Waals surface area contributed by atoms with Crippen molar-refractivity contribution in [2.24, 2.45) is 0 Å². The molecule has 2 aromatic rings. The number of Topliss-reactive ketones (excluding diaryl/α,β-unsaturated/α-hetero) is 1. The number of benzene rings is 2. The second kappa shape index (κ2) is 7.86. The number of hydrogen-bond donors (Lipinski definition) is 1. The van der Waals surface area contributed by atoms with Crippen molar-refractivity contribution in [3.05, 3.63) is 53.1 Å². The number of aromatic carboxylic acids is 1. The third-order valence-corrected chi connectivity index (χ3v) is 5.35. The first-order valence-corrected chi connectivity index (χ1v) is 9.65. The molecule has 0 aliphatic carbocycles. The Morgan fingerprint density at radius 2 is 1.87 bits per heavy atom. The van der Waals surface area contributed by atoms with Gasteiger partial charge in [0.1, 0.15) is 35.5 Å². The van der Waals surface area contributed by atoms with E-state index in [-0.39, 0.29) is 35.4 Å². The number of carboxylic acids is 1. The summed E-state index contributed by atoms with van der Waals surface area (Å²) in [7, 11) is 2.96. The molecule has 162 valence electrons. The molecule has 31 heavy (non-hydrogen) atoms. The minimum absolute atomic E-state index is 0.0457. The van der Waals surface area contributed by atoms with Crippen LogP contribution in [0.3, 0.4) is 0 Å². The van der Waals surface area contributed by atoms with E-state index in [1.165, 1.54) is 26.4 Å². The van der Waals surface area contributed by atoms with Crippen LogP contribution < -0.4 is 23.7 Å². The van der Waals surface area contributed by atoms with Gasteiger partial charge in [0, 0.05) is 18.1 Å². The quantitative estimate of drug-likeness (QED) is 0.703. The van der Waals surface area contributed by atoms with Gasteiger partial charge in [-0.25, -0.2) is 4.79 Å². The number of hydrogen-bond acceptors (Lipinski definition) is 7. The molecule has 2 aliphatic rings. The first-order valence-electron chi connectivity index (χ1n) is 9.65. The lowest BCUT2D eigenvalue weighted by molar-refractivity contribution is 0.0594. The lowest BCUT2D eigenvalue weighted by atomic mass is 10.00. The van der Waals surface area contributed by atoms with Gasteiger partial charge in [0.2, 0.25) is 5.78 Å². The maximum atomic E-state index is 13.1. The molecule has 0 saturated heterocycles. The Hall–Kier alpha value is -3.68. The van der Waals surface area contributed by atoms with Crippen molar-refractivity contribution < 1.29 is 38.4 Å². The first-order chi connectivity index (χ1) is 14.8. The van der Waals surface area contributed by atoms with Gasteiger partial charge in [-0.15, -0.1) is 0 Å². The molecule has 8 nitrogen and oxygen atoms in total. The number of carbonyl (C=O) groups excluding carboxylic acids is 1. The van der Waals surface area contributed by atoms with E-state index in [0.29, 0.717) is 35.0 Å². The first kappa shape index (κ1) is 20.6. The van der Waals surface area contributed by atoms with Crippen molar-refractivity contribution in [1.82, 2.24) is 0 Å². The molecule has 0 amide bonds. The highest BCUT2D eigenvalue weighted by molar-refractivity contribution is 6.04. The normalized spacial score (nSPS) is 18.9. The number of rotatable bonds is 6. The SMILES string of the molecule is C=C(C)C1Cc2c(ccc(C(=O)O)c2OC2COc3cc(OC)c(OC)cc3C2=O)O1. The van der Waals surface area contributed by atoms with Gasteiger partial charge in [-0.2, -0.15) is 0 Å². The predicted octanol–water partition coefficient (Wildman–Crippen LogP) is 3.30. The largest absolute Gasteiger partial charge is 0.493 e. The highest BCUT2D eigenvalue weighted by atomic mass is 16.5. The highest BCUT2D eigenvalue weighted by Gasteiger charge is 2.36. The molecule has 2 aromatic carbocycles. The van der Waals surface area contributed by atoms with Crippen LogP contribution in [0.15, 0.2) is 36.4 Å². The fraction of sp³-hybridized carbons (Fsp3) is 0.304. The van der Waals surface area contributed by atoms with Gasteiger partial charge in [0.05, 0.1) is 19.8 Å². The standard InChI is InChI=1S/C23H22O8/c1-11(2)16-8-14-15(30-16)6-5-12(23(25)26)22(14)31-20-10-29-17-9-19(28-4)18(27-3)7-13(17)21(20)24/h5-7,9,16,20H,1,8,10H2,2-4H3,(H,25,26). The van der Waals surface area contributed by atoms with E-state index in [0.717, 1.165) is 5.57 Å². The zero-order chi connectivity index (χ0) is 22.3. The van der Waals surface area contributed by atoms with Gasteiger partial charge >= 0.3 is 5.97 Å². The van der Waals surface area contributed by atoms with E-state index in [4.69, 9.17) is 23.7 Å². The van der Waals surface area contributed by atoms with Gasteiger partial charge in [0.25, 0.3) is 0 Å². The minimum atomic E-state index is -1.16. The summed E-state index contributed by atoms with van der Waals surface area (Å²) in [6, 6.07) is 6.11. The van der Waals surface area contributed by atoms with Crippen LogP contribution in [0.5, 0.6) is 28.7 Å². The molecular weight excluding hydrogens is 404 g/mol. The zero-order valence-corrected chi connectivity index (χ0v) is 17.4. The monoisotopic (exact) mass is 426 g/mol. The van der Waals surface area contributed by atoms with Crippen molar-refractivity contribution in [2.45, 2.75) is 25.6 Å². The van der Waals surface area contributed by atoms with Gasteiger partial charge < -0.3 is 28.8 Å². The fourth-order valence-corrected chi connectivity index (χ4v) is 3.69. The average molecular weight is 426 g/mol. The molecule has 2 aliphatic heterocycles. The lowest BCUT2D eigenvalue weighted by Gasteiger charge is -2.27. The van der Waals surface area contributed by atoms with E-state index in [2.05, 4.69) is 6.58 Å². The summed E-state index contributed by atoms with van der Waals surface area (Å²) >= 11 is 0. The molecule has 2 heterocycles. The summed E-state index contributed by atoms with van der Waals surface area (Å²) in [6.45, 7) is 5.68. The molecule has 0 radical (unpaired) electrons. The average Bonchev–Trinajstić information content (AvgIpc) is 3.20. The Bertz CT molecular complexity index is 1090. The summed E-state index contributed by atoms with van der Waals surface area (Å²) < 4.78 is 28.1. The summed E-state index contributed by atoms with van der Waals surface area (Å²) in [5.74, 6) is 0.293. The molecule has 0 saturated carbocycles. The number of carboxylic acid groups (broad SMARTS) is 1. The summed E-state index contributed by atoms with van der Waals surface area (Å²) in [5.41, 5.74) is 1.63. The molecular formula is C23H22O8. The van der Waals surface area contributed by atoms with Crippen LogP contribution in [0.25, 0.3) is 0 Å². The molecule has 0 bridgehead atoms. The van der Waals surface area contributed by atoms with Crippen LogP contribution in [-0.2, 0) is 6.42 Å². The Labute approximate surface area is 178 Å². The molecule has 1 N–H and O–H groups in total. The second-order valence-corrected chi connectivity index (χ2v) is 7.37. The Morgan fingerprint density at radius 1 is 1.16 bits per heavy atom. The number of methoxy groups -OCH3 is 2.